The van der Waals surface area contributed by atoms with Crippen LogP contribution in [0.3, 0.4) is 0 Å². The number of hydrogen-bond acceptors (Lipinski definition) is 0. The maximum atomic E-state index is 6.24. The molecule has 21 heavy (non-hydrogen) atoms. The van der Waals surface area contributed by atoms with E-state index in [9.17, 15) is 0 Å². The molecule has 2 aromatic carbocycles. The molecule has 1 radical (unpaired) electrons. The van der Waals surface area contributed by atoms with E-state index in [2.05, 4.69) is 65.7 Å². The molecule has 0 atom stereocenters. The fourth-order valence-corrected chi connectivity index (χ4v) is 2.54. The van der Waals surface area contributed by atoms with Crippen LogP contribution in [0.4, 0.5) is 0 Å². The summed E-state index contributed by atoms with van der Waals surface area (Å²) >= 11 is 6.24. The Kier molecular flexibility index (Phi) is 4.37. The summed E-state index contributed by atoms with van der Waals surface area (Å²) in [7, 11) is 0. The van der Waals surface area contributed by atoms with Gasteiger partial charge in [-0.25, -0.2) is 4.57 Å². The van der Waals surface area contributed by atoms with E-state index in [1.54, 1.807) is 4.09 Å². The van der Waals surface area contributed by atoms with Crippen LogP contribution in [0.25, 0.3) is 0 Å². The van der Waals surface area contributed by atoms with Gasteiger partial charge in [0.15, 0.2) is 5.69 Å². The Morgan fingerprint density at radius 2 is 1.52 bits per heavy atom. The lowest BCUT2D eigenvalue weighted by Gasteiger charge is -1.97. The van der Waals surface area contributed by atoms with Crippen LogP contribution in [0.2, 0.25) is 0 Å². The molecule has 3 rings (SSSR count). The van der Waals surface area contributed by atoms with Gasteiger partial charge in [0.05, 0.1) is 0 Å². The maximum absolute atomic E-state index is 6.24. The highest BCUT2D eigenvalue weighted by atomic mass is 35.5. The molecule has 0 spiro atoms. The molecule has 1 heterocycles. The van der Waals surface area contributed by atoms with Crippen molar-refractivity contribution in [2.45, 2.75) is 13.0 Å². The summed E-state index contributed by atoms with van der Waals surface area (Å²) in [5.41, 5.74) is 3.56. The lowest BCUT2D eigenvalue weighted by atomic mass is 10.1. The molecule has 0 amide bonds. The van der Waals surface area contributed by atoms with Crippen LogP contribution >= 0.6 is 11.8 Å². The first-order valence-electron chi connectivity index (χ1n) is 7.00. The van der Waals surface area contributed by atoms with Crippen molar-refractivity contribution >= 4 is 11.8 Å². The van der Waals surface area contributed by atoms with E-state index < -0.39 is 0 Å². The second-order valence-corrected chi connectivity index (χ2v) is 5.40. The minimum atomic E-state index is 0.826. The van der Waals surface area contributed by atoms with E-state index in [1.807, 2.05) is 18.5 Å². The average molecular weight is 297 g/mol. The van der Waals surface area contributed by atoms with E-state index in [1.165, 1.54) is 11.1 Å². The van der Waals surface area contributed by atoms with Crippen LogP contribution in [-0.4, -0.2) is 4.57 Å². The van der Waals surface area contributed by atoms with Gasteiger partial charge in [0.2, 0.25) is 0 Å². The molecule has 3 aromatic rings. The number of nitrogens with zero attached hydrogens (tertiary/aromatic N) is 2. The van der Waals surface area contributed by atoms with Crippen molar-refractivity contribution in [3.8, 4) is 0 Å². The van der Waals surface area contributed by atoms with Gasteiger partial charge in [-0.05, 0) is 17.5 Å². The van der Waals surface area contributed by atoms with Crippen molar-refractivity contribution in [1.82, 2.24) is 4.57 Å². The van der Waals surface area contributed by atoms with Gasteiger partial charge in [-0.1, -0.05) is 60.7 Å². The third-order valence-corrected chi connectivity index (χ3v) is 3.67. The fraction of sp³-hybridized carbons (Fsp3) is 0.111. The summed E-state index contributed by atoms with van der Waals surface area (Å²) in [6, 6.07) is 20.7. The highest BCUT2D eigenvalue weighted by Crippen LogP contribution is 2.09. The Bertz CT molecular complexity index is 690. The molecule has 0 saturated carbocycles. The Labute approximate surface area is 130 Å². The molecule has 0 aliphatic carbocycles. The fourth-order valence-electron chi connectivity index (χ4n) is 2.31. The summed E-state index contributed by atoms with van der Waals surface area (Å²) < 4.78 is 3.74. The van der Waals surface area contributed by atoms with Gasteiger partial charge in [0.25, 0.3) is 6.33 Å². The van der Waals surface area contributed by atoms with Gasteiger partial charge in [-0.15, -0.1) is 4.09 Å². The van der Waals surface area contributed by atoms with Gasteiger partial charge >= 0.3 is 0 Å². The van der Waals surface area contributed by atoms with Crippen molar-refractivity contribution in [3.05, 3.63) is 96.4 Å². The monoisotopic (exact) mass is 296 g/mol. The van der Waals surface area contributed by atoms with Crippen molar-refractivity contribution in [2.24, 2.45) is 0 Å². The predicted octanol–water partition coefficient (Wildman–Crippen LogP) is 3.62. The Morgan fingerprint density at radius 3 is 2.19 bits per heavy atom. The largest absolute Gasteiger partial charge is 0.262 e. The van der Waals surface area contributed by atoms with E-state index in [0.717, 1.165) is 18.7 Å². The summed E-state index contributed by atoms with van der Waals surface area (Å²) in [5, 5.41) is 0. The first-order valence-corrected chi connectivity index (χ1v) is 7.34. The standard InChI is InChI=1S/C18H17ClN2/c19-21-15-20(13-17-9-5-2-6-10-17)14-18(21)12-11-16-7-3-1-4-8-16/h1-10,12,14-15H,11,13H2/q+1. The number of rotatable bonds is 5. The van der Waals surface area contributed by atoms with Crippen molar-refractivity contribution in [1.29, 1.82) is 0 Å². The zero-order chi connectivity index (χ0) is 14.5. The lowest BCUT2D eigenvalue weighted by molar-refractivity contribution is -0.524. The van der Waals surface area contributed by atoms with Crippen LogP contribution in [0.1, 0.15) is 16.8 Å². The summed E-state index contributed by atoms with van der Waals surface area (Å²) in [4.78, 5) is 0. The molecule has 3 heteroatoms. The van der Waals surface area contributed by atoms with E-state index >= 15 is 0 Å². The molecule has 0 bridgehead atoms. The van der Waals surface area contributed by atoms with Gasteiger partial charge in [-0.3, -0.25) is 0 Å². The summed E-state index contributed by atoms with van der Waals surface area (Å²) in [6.45, 7) is 0.826. The van der Waals surface area contributed by atoms with Gasteiger partial charge in [0.1, 0.15) is 24.5 Å². The second-order valence-electron chi connectivity index (χ2n) is 5.03. The van der Waals surface area contributed by atoms with Gasteiger partial charge < -0.3 is 0 Å². The normalized spacial score (nSPS) is 10.7. The van der Waals surface area contributed by atoms with Crippen LogP contribution < -0.4 is 4.09 Å². The highest BCUT2D eigenvalue weighted by Gasteiger charge is 2.13. The van der Waals surface area contributed by atoms with Crippen LogP contribution in [-0.2, 0) is 13.0 Å². The first kappa shape index (κ1) is 13.9. The molecular weight excluding hydrogens is 280 g/mol. The van der Waals surface area contributed by atoms with Crippen LogP contribution in [0.5, 0.6) is 0 Å². The molecule has 2 nitrogen and oxygen atoms in total. The first-order chi connectivity index (χ1) is 10.3. The molecule has 0 saturated heterocycles. The minimum absolute atomic E-state index is 0.826. The molecule has 0 unspecified atom stereocenters. The van der Waals surface area contributed by atoms with Crippen molar-refractivity contribution in [2.75, 3.05) is 0 Å². The van der Waals surface area contributed by atoms with Crippen molar-refractivity contribution < 1.29 is 4.09 Å². The Balaban J connectivity index is 1.67. The number of aromatic nitrogens is 2. The highest BCUT2D eigenvalue weighted by molar-refractivity contribution is 6.04. The summed E-state index contributed by atoms with van der Waals surface area (Å²) in [6.07, 6.45) is 7.00. The molecule has 1 aromatic heterocycles. The zero-order valence-electron chi connectivity index (χ0n) is 11.7. The number of hydrogen-bond donors (Lipinski definition) is 0. The van der Waals surface area contributed by atoms with Gasteiger partial charge in [0, 0.05) is 6.42 Å². The number of imidazole rings is 1. The average Bonchev–Trinajstić information content (AvgIpc) is 2.87. The van der Waals surface area contributed by atoms with E-state index in [0.29, 0.717) is 0 Å². The topological polar surface area (TPSA) is 8.81 Å². The molecule has 0 N–H and O–H groups in total. The predicted molar refractivity (Wildman–Crippen MR) is 85.0 cm³/mol. The molecule has 0 aliphatic rings. The minimum Gasteiger partial charge on any atom is -0.231 e. The maximum Gasteiger partial charge on any atom is 0.262 e. The molecule has 0 aliphatic heterocycles. The third kappa shape index (κ3) is 3.73. The third-order valence-electron chi connectivity index (χ3n) is 3.39. The lowest BCUT2D eigenvalue weighted by Crippen LogP contribution is -2.22. The molecule has 105 valence electrons. The summed E-state index contributed by atoms with van der Waals surface area (Å²) in [5.74, 6) is 0. The van der Waals surface area contributed by atoms with E-state index in [-0.39, 0.29) is 0 Å². The van der Waals surface area contributed by atoms with E-state index in [4.69, 9.17) is 11.8 Å². The number of halogens is 1. The van der Waals surface area contributed by atoms with Crippen molar-refractivity contribution in [3.63, 3.8) is 0 Å². The smallest absolute Gasteiger partial charge is 0.231 e. The molecular formula is C18H17ClN2+. The molecule has 0 fully saturated rings. The Hall–Kier alpha value is -2.06. The Morgan fingerprint density at radius 1 is 0.905 bits per heavy atom. The quantitative estimate of drug-likeness (QED) is 0.680. The van der Waals surface area contributed by atoms with Crippen LogP contribution in [0.15, 0.2) is 73.2 Å². The van der Waals surface area contributed by atoms with Crippen LogP contribution in [0, 0.1) is 6.42 Å². The SMILES string of the molecule is Cl[n+]1cn(Cc2ccccc2)cc1[CH]Cc1ccccc1. The zero-order valence-corrected chi connectivity index (χ0v) is 12.4. The number of benzene rings is 2. The second kappa shape index (κ2) is 6.59. The van der Waals surface area contributed by atoms with Gasteiger partial charge in [-0.2, -0.15) is 0 Å².